The molecule has 0 unspecified atom stereocenters. The van der Waals surface area contributed by atoms with Gasteiger partial charge in [0, 0.05) is 0 Å². The molecular formula is C11H4Cl2F4N2O. The Kier molecular flexibility index (Phi) is 3.75. The summed E-state index contributed by atoms with van der Waals surface area (Å²) in [6, 6.07) is 3.68. The highest BCUT2D eigenvalue weighted by Gasteiger charge is 2.30. The second kappa shape index (κ2) is 5.06. The first-order valence-electron chi connectivity index (χ1n) is 5.03. The summed E-state index contributed by atoms with van der Waals surface area (Å²) in [5.74, 6) is -1.26. The molecule has 0 saturated carbocycles. The topological polar surface area (TPSA) is 34.9 Å². The van der Waals surface area contributed by atoms with Crippen LogP contribution in [0.4, 0.5) is 17.6 Å². The van der Waals surface area contributed by atoms with Gasteiger partial charge in [0.2, 0.25) is 0 Å². The Balaban J connectivity index is 2.67. The minimum atomic E-state index is -4.60. The lowest BCUT2D eigenvalue weighted by molar-refractivity contribution is -0.137. The summed E-state index contributed by atoms with van der Waals surface area (Å²) < 4.78 is 51.5. The largest absolute Gasteiger partial charge is 0.416 e. The Hall–Kier alpha value is -1.60. The van der Waals surface area contributed by atoms with Gasteiger partial charge in [-0.15, -0.1) is 5.10 Å². The van der Waals surface area contributed by atoms with Crippen LogP contribution in [0.3, 0.4) is 0 Å². The van der Waals surface area contributed by atoms with Crippen LogP contribution in [-0.4, -0.2) is 9.78 Å². The maximum atomic E-state index is 13.3. The van der Waals surface area contributed by atoms with Crippen molar-refractivity contribution in [2.45, 2.75) is 6.18 Å². The predicted molar refractivity (Wildman–Crippen MR) is 64.8 cm³/mol. The molecule has 0 aliphatic rings. The second-order valence-electron chi connectivity index (χ2n) is 3.68. The van der Waals surface area contributed by atoms with E-state index in [9.17, 15) is 22.4 Å². The normalized spacial score (nSPS) is 11.7. The number of alkyl halides is 3. The molecule has 3 nitrogen and oxygen atoms in total. The Labute approximate surface area is 119 Å². The molecule has 1 aromatic heterocycles. The van der Waals surface area contributed by atoms with E-state index in [0.717, 1.165) is 18.2 Å². The smallest absolute Gasteiger partial charge is 0.266 e. The molecule has 1 heterocycles. The van der Waals surface area contributed by atoms with Crippen molar-refractivity contribution in [3.05, 3.63) is 56.2 Å². The first-order valence-corrected chi connectivity index (χ1v) is 5.79. The predicted octanol–water partition coefficient (Wildman–Crippen LogP) is 3.70. The summed E-state index contributed by atoms with van der Waals surface area (Å²) in [5.41, 5.74) is -2.30. The number of nitrogens with zero attached hydrogens (tertiary/aromatic N) is 2. The van der Waals surface area contributed by atoms with Crippen LogP contribution in [0.5, 0.6) is 0 Å². The van der Waals surface area contributed by atoms with Crippen LogP contribution in [0.2, 0.25) is 10.0 Å². The van der Waals surface area contributed by atoms with E-state index in [1.807, 2.05) is 0 Å². The lowest BCUT2D eigenvalue weighted by atomic mass is 10.2. The number of benzene rings is 1. The van der Waals surface area contributed by atoms with Crippen molar-refractivity contribution in [2.75, 3.05) is 0 Å². The van der Waals surface area contributed by atoms with Crippen LogP contribution in [-0.2, 0) is 6.18 Å². The maximum Gasteiger partial charge on any atom is 0.416 e. The third kappa shape index (κ3) is 2.64. The number of halogens is 6. The van der Waals surface area contributed by atoms with Crippen LogP contribution in [0.25, 0.3) is 5.69 Å². The van der Waals surface area contributed by atoms with Crippen molar-refractivity contribution in [2.24, 2.45) is 0 Å². The third-order valence-corrected chi connectivity index (χ3v) is 3.15. The monoisotopic (exact) mass is 326 g/mol. The van der Waals surface area contributed by atoms with E-state index in [0.29, 0.717) is 10.7 Å². The van der Waals surface area contributed by atoms with Crippen molar-refractivity contribution < 1.29 is 17.6 Å². The van der Waals surface area contributed by atoms with Crippen LogP contribution in [0, 0.1) is 5.95 Å². The van der Waals surface area contributed by atoms with Gasteiger partial charge in [-0.2, -0.15) is 22.2 Å². The lowest BCUT2D eigenvalue weighted by Gasteiger charge is -2.10. The van der Waals surface area contributed by atoms with Gasteiger partial charge < -0.3 is 0 Å². The van der Waals surface area contributed by atoms with E-state index < -0.39 is 33.3 Å². The van der Waals surface area contributed by atoms with E-state index in [-0.39, 0.29) is 5.69 Å². The van der Waals surface area contributed by atoms with E-state index >= 15 is 0 Å². The highest BCUT2D eigenvalue weighted by atomic mass is 35.5. The highest BCUT2D eigenvalue weighted by molar-refractivity contribution is 6.41. The van der Waals surface area contributed by atoms with Crippen molar-refractivity contribution in [1.82, 2.24) is 9.78 Å². The molecule has 0 saturated heterocycles. The fourth-order valence-corrected chi connectivity index (χ4v) is 1.72. The first-order chi connectivity index (χ1) is 9.21. The molecule has 0 aliphatic heterocycles. The average Bonchev–Trinajstić information content (AvgIpc) is 2.40. The second-order valence-corrected chi connectivity index (χ2v) is 4.44. The van der Waals surface area contributed by atoms with Gasteiger partial charge in [0.15, 0.2) is 0 Å². The van der Waals surface area contributed by atoms with Gasteiger partial charge in [-0.05, 0) is 18.2 Å². The Morgan fingerprint density at radius 1 is 1.15 bits per heavy atom. The molecule has 0 atom stereocenters. The molecule has 0 fully saturated rings. The summed E-state index contributed by atoms with van der Waals surface area (Å²) in [5, 5.41) is 1.84. The Bertz CT molecular complexity index is 727. The summed E-state index contributed by atoms with van der Waals surface area (Å²) >= 11 is 10.9. The minimum Gasteiger partial charge on any atom is -0.266 e. The molecule has 0 bridgehead atoms. The Morgan fingerprint density at radius 3 is 2.40 bits per heavy atom. The number of aromatic nitrogens is 2. The number of hydrogen-bond donors (Lipinski definition) is 0. The average molecular weight is 327 g/mol. The SMILES string of the molecule is O=c1c(Cl)c(Cl)c(F)nn1-c1cccc(C(F)(F)F)c1. The van der Waals surface area contributed by atoms with Crippen molar-refractivity contribution in [1.29, 1.82) is 0 Å². The van der Waals surface area contributed by atoms with Gasteiger partial charge >= 0.3 is 6.18 Å². The summed E-state index contributed by atoms with van der Waals surface area (Å²) in [7, 11) is 0. The molecule has 2 rings (SSSR count). The molecule has 2 aromatic rings. The highest BCUT2D eigenvalue weighted by Crippen LogP contribution is 2.30. The molecule has 1 aromatic carbocycles. The van der Waals surface area contributed by atoms with Crippen LogP contribution >= 0.6 is 23.2 Å². The zero-order chi connectivity index (χ0) is 15.1. The fourth-order valence-electron chi connectivity index (χ4n) is 1.44. The molecule has 106 valence electrons. The minimum absolute atomic E-state index is 0.276. The van der Waals surface area contributed by atoms with E-state index in [2.05, 4.69) is 5.10 Å². The molecule has 0 radical (unpaired) electrons. The van der Waals surface area contributed by atoms with Crippen LogP contribution in [0.1, 0.15) is 5.56 Å². The third-order valence-electron chi connectivity index (χ3n) is 2.36. The number of hydrogen-bond acceptors (Lipinski definition) is 2. The molecule has 0 aliphatic carbocycles. The summed E-state index contributed by atoms with van der Waals surface area (Å²) in [4.78, 5) is 11.7. The molecule has 20 heavy (non-hydrogen) atoms. The van der Waals surface area contributed by atoms with Gasteiger partial charge in [-0.1, -0.05) is 29.3 Å². The lowest BCUT2D eigenvalue weighted by Crippen LogP contribution is -2.23. The van der Waals surface area contributed by atoms with Crippen molar-refractivity contribution in [3.63, 3.8) is 0 Å². The molecule has 0 amide bonds. The van der Waals surface area contributed by atoms with Gasteiger partial charge in [0.25, 0.3) is 11.5 Å². The van der Waals surface area contributed by atoms with E-state index in [1.165, 1.54) is 0 Å². The Morgan fingerprint density at radius 2 is 1.80 bits per heavy atom. The zero-order valence-electron chi connectivity index (χ0n) is 9.38. The number of rotatable bonds is 1. The first kappa shape index (κ1) is 14.8. The standard InChI is InChI=1S/C11H4Cl2F4N2O/c12-7-8(13)10(20)19(18-9(7)14)6-3-1-2-5(4-6)11(15,16)17/h1-4H. The van der Waals surface area contributed by atoms with Crippen molar-refractivity contribution >= 4 is 23.2 Å². The van der Waals surface area contributed by atoms with Crippen LogP contribution in [0.15, 0.2) is 29.1 Å². The van der Waals surface area contributed by atoms with Crippen LogP contribution < -0.4 is 5.56 Å². The zero-order valence-corrected chi connectivity index (χ0v) is 10.9. The molecular weight excluding hydrogens is 323 g/mol. The fraction of sp³-hybridized carbons (Fsp3) is 0.0909. The quantitative estimate of drug-likeness (QED) is 0.749. The van der Waals surface area contributed by atoms with Gasteiger partial charge in [0.1, 0.15) is 10.0 Å². The van der Waals surface area contributed by atoms with E-state index in [4.69, 9.17) is 23.2 Å². The summed E-state index contributed by atoms with van der Waals surface area (Å²) in [6.45, 7) is 0. The van der Waals surface area contributed by atoms with Crippen molar-refractivity contribution in [3.8, 4) is 5.69 Å². The molecule has 0 N–H and O–H groups in total. The molecule has 0 spiro atoms. The summed E-state index contributed by atoms with van der Waals surface area (Å²) in [6.07, 6.45) is -4.60. The van der Waals surface area contributed by atoms with E-state index in [1.54, 1.807) is 0 Å². The van der Waals surface area contributed by atoms with Gasteiger partial charge in [-0.3, -0.25) is 4.79 Å². The van der Waals surface area contributed by atoms with Gasteiger partial charge in [0.05, 0.1) is 11.3 Å². The molecule has 9 heteroatoms. The van der Waals surface area contributed by atoms with Gasteiger partial charge in [-0.25, -0.2) is 0 Å². The maximum absolute atomic E-state index is 13.3.